The van der Waals surface area contributed by atoms with Gasteiger partial charge in [0.15, 0.2) is 0 Å². The molecule has 5 nitrogen and oxygen atoms in total. The van der Waals surface area contributed by atoms with E-state index in [0.29, 0.717) is 6.42 Å². The molecule has 5 heteroatoms. The molecule has 0 radical (unpaired) electrons. The number of carboxylic acids is 2. The van der Waals surface area contributed by atoms with Gasteiger partial charge < -0.3 is 10.2 Å². The lowest BCUT2D eigenvalue weighted by Gasteiger charge is -2.23. The second-order valence-corrected chi connectivity index (χ2v) is 3.13. The Hall–Kier alpha value is -1.39. The van der Waals surface area contributed by atoms with Crippen LogP contribution in [0.3, 0.4) is 0 Å². The first-order chi connectivity index (χ1) is 6.42. The highest BCUT2D eigenvalue weighted by Crippen LogP contribution is 2.29. The molecule has 80 valence electrons. The summed E-state index contributed by atoms with van der Waals surface area (Å²) in [4.78, 5) is 32.6. The monoisotopic (exact) mass is 202 g/mol. The van der Waals surface area contributed by atoms with Gasteiger partial charge in [-0.25, -0.2) is 4.79 Å². The predicted molar refractivity (Wildman–Crippen MR) is 47.9 cm³/mol. The van der Waals surface area contributed by atoms with Gasteiger partial charge in [0.1, 0.15) is 5.41 Å². The molecular formula is C9H14O5. The van der Waals surface area contributed by atoms with Gasteiger partial charge in [0, 0.05) is 0 Å². The maximum atomic E-state index is 11.2. The van der Waals surface area contributed by atoms with Crippen molar-refractivity contribution in [2.45, 2.75) is 33.1 Å². The van der Waals surface area contributed by atoms with Crippen LogP contribution in [0.5, 0.6) is 0 Å². The fraction of sp³-hybridized carbons (Fsp3) is 0.667. The summed E-state index contributed by atoms with van der Waals surface area (Å²) in [6, 6.07) is 0. The molecule has 14 heavy (non-hydrogen) atoms. The molecule has 0 aromatic carbocycles. The van der Waals surface area contributed by atoms with Crippen molar-refractivity contribution in [3.05, 3.63) is 0 Å². The minimum Gasteiger partial charge on any atom is -0.480 e. The van der Waals surface area contributed by atoms with E-state index < -0.39 is 23.1 Å². The Morgan fingerprint density at radius 1 is 1.14 bits per heavy atom. The van der Waals surface area contributed by atoms with Crippen molar-refractivity contribution in [1.82, 2.24) is 0 Å². The van der Waals surface area contributed by atoms with Gasteiger partial charge in [0.05, 0.1) is 0 Å². The van der Waals surface area contributed by atoms with Gasteiger partial charge in [0.25, 0.3) is 5.78 Å². The predicted octanol–water partition coefficient (Wildman–Crippen LogP) is 0.921. The number of carboxylic acid groups (broad SMARTS) is 2. The van der Waals surface area contributed by atoms with Crippen molar-refractivity contribution in [1.29, 1.82) is 0 Å². The van der Waals surface area contributed by atoms with E-state index in [9.17, 15) is 14.4 Å². The van der Waals surface area contributed by atoms with E-state index in [0.717, 1.165) is 0 Å². The third-order valence-corrected chi connectivity index (χ3v) is 2.32. The fourth-order valence-electron chi connectivity index (χ4n) is 1.44. The molecule has 0 aliphatic rings. The summed E-state index contributed by atoms with van der Waals surface area (Å²) in [6.07, 6.45) is 0.518. The average molecular weight is 202 g/mol. The molecule has 0 aliphatic carbocycles. The van der Waals surface area contributed by atoms with Crippen LogP contribution in [0, 0.1) is 5.41 Å². The number of ketones is 1. The molecule has 0 fully saturated rings. The van der Waals surface area contributed by atoms with Gasteiger partial charge in [-0.2, -0.15) is 0 Å². The van der Waals surface area contributed by atoms with Crippen LogP contribution in [0.1, 0.15) is 33.1 Å². The Bertz CT molecular complexity index is 258. The zero-order chi connectivity index (χ0) is 11.4. The van der Waals surface area contributed by atoms with E-state index in [-0.39, 0.29) is 12.8 Å². The van der Waals surface area contributed by atoms with E-state index in [2.05, 4.69) is 0 Å². The van der Waals surface area contributed by atoms with E-state index in [1.54, 1.807) is 6.92 Å². The van der Waals surface area contributed by atoms with Gasteiger partial charge in [-0.3, -0.25) is 9.59 Å². The number of Topliss-reactive ketones (excluding diaryl/α,β-unsaturated/α-hetero) is 1. The van der Waals surface area contributed by atoms with Gasteiger partial charge >= 0.3 is 11.9 Å². The van der Waals surface area contributed by atoms with Crippen LogP contribution in [0.2, 0.25) is 0 Å². The highest BCUT2D eigenvalue weighted by molar-refractivity contribution is 6.38. The van der Waals surface area contributed by atoms with Crippen LogP contribution in [0.25, 0.3) is 0 Å². The molecule has 0 rings (SSSR count). The fourth-order valence-corrected chi connectivity index (χ4v) is 1.44. The van der Waals surface area contributed by atoms with Gasteiger partial charge in [-0.15, -0.1) is 0 Å². The minimum absolute atomic E-state index is 0.00130. The lowest BCUT2D eigenvalue weighted by atomic mass is 9.77. The van der Waals surface area contributed by atoms with Crippen molar-refractivity contribution < 1.29 is 24.6 Å². The lowest BCUT2D eigenvalue weighted by Crippen LogP contribution is -2.42. The Balaban J connectivity index is 5.13. The van der Waals surface area contributed by atoms with Crippen LogP contribution in [-0.4, -0.2) is 27.9 Å². The Labute approximate surface area is 81.7 Å². The highest BCUT2D eigenvalue weighted by Gasteiger charge is 2.46. The Morgan fingerprint density at radius 2 is 1.64 bits per heavy atom. The number of aliphatic carboxylic acids is 2. The second kappa shape index (κ2) is 4.74. The van der Waals surface area contributed by atoms with E-state index in [1.807, 2.05) is 0 Å². The van der Waals surface area contributed by atoms with Crippen LogP contribution in [-0.2, 0) is 14.4 Å². The van der Waals surface area contributed by atoms with E-state index in [1.165, 1.54) is 6.92 Å². The molecule has 0 bridgehead atoms. The third-order valence-electron chi connectivity index (χ3n) is 2.32. The Morgan fingerprint density at radius 3 is 1.86 bits per heavy atom. The number of carbonyl (C=O) groups excluding carboxylic acids is 1. The summed E-state index contributed by atoms with van der Waals surface area (Å²) >= 11 is 0. The van der Waals surface area contributed by atoms with Crippen LogP contribution >= 0.6 is 0 Å². The summed E-state index contributed by atoms with van der Waals surface area (Å²) < 4.78 is 0. The zero-order valence-electron chi connectivity index (χ0n) is 8.24. The average Bonchev–Trinajstić information content (AvgIpc) is 2.12. The normalized spacial score (nSPS) is 14.4. The number of carbonyl (C=O) groups is 3. The molecule has 0 amide bonds. The van der Waals surface area contributed by atoms with E-state index >= 15 is 0 Å². The molecule has 0 aromatic heterocycles. The molecule has 0 heterocycles. The number of hydrogen-bond donors (Lipinski definition) is 2. The SMILES string of the molecule is CCCC(CC)(C(=O)O)C(=O)C(=O)O. The van der Waals surface area contributed by atoms with Gasteiger partial charge in [0.2, 0.25) is 0 Å². The highest BCUT2D eigenvalue weighted by atomic mass is 16.4. The molecule has 0 spiro atoms. The van der Waals surface area contributed by atoms with Crippen molar-refractivity contribution in [3.8, 4) is 0 Å². The molecule has 1 unspecified atom stereocenters. The first-order valence-corrected chi connectivity index (χ1v) is 4.43. The largest absolute Gasteiger partial charge is 0.480 e. The van der Waals surface area contributed by atoms with Crippen LogP contribution in [0.4, 0.5) is 0 Å². The minimum atomic E-state index is -1.75. The maximum absolute atomic E-state index is 11.2. The number of rotatable bonds is 6. The van der Waals surface area contributed by atoms with Crippen LogP contribution < -0.4 is 0 Å². The van der Waals surface area contributed by atoms with E-state index in [4.69, 9.17) is 10.2 Å². The van der Waals surface area contributed by atoms with Crippen molar-refractivity contribution in [2.75, 3.05) is 0 Å². The van der Waals surface area contributed by atoms with Crippen molar-refractivity contribution >= 4 is 17.7 Å². The van der Waals surface area contributed by atoms with Crippen molar-refractivity contribution in [3.63, 3.8) is 0 Å². The summed E-state index contributed by atoms with van der Waals surface area (Å²) in [5.41, 5.74) is -1.75. The summed E-state index contributed by atoms with van der Waals surface area (Å²) in [5.74, 6) is -4.26. The molecule has 0 saturated heterocycles. The standard InChI is InChI=1S/C9H14O5/c1-3-5-9(4-2,8(13)14)6(10)7(11)12/h3-5H2,1-2H3,(H,11,12)(H,13,14). The zero-order valence-corrected chi connectivity index (χ0v) is 8.24. The first-order valence-electron chi connectivity index (χ1n) is 4.43. The lowest BCUT2D eigenvalue weighted by molar-refractivity contribution is -0.164. The third kappa shape index (κ3) is 2.10. The molecule has 0 saturated carbocycles. The van der Waals surface area contributed by atoms with Crippen molar-refractivity contribution in [2.24, 2.45) is 5.41 Å². The second-order valence-electron chi connectivity index (χ2n) is 3.13. The molecule has 2 N–H and O–H groups in total. The van der Waals surface area contributed by atoms with Gasteiger partial charge in [-0.1, -0.05) is 20.3 Å². The topological polar surface area (TPSA) is 91.7 Å². The Kier molecular flexibility index (Phi) is 4.27. The first kappa shape index (κ1) is 12.6. The smallest absolute Gasteiger partial charge is 0.373 e. The molecule has 1 atom stereocenters. The quantitative estimate of drug-likeness (QED) is 0.493. The van der Waals surface area contributed by atoms with Gasteiger partial charge in [-0.05, 0) is 12.8 Å². The summed E-state index contributed by atoms with van der Waals surface area (Å²) in [5, 5.41) is 17.4. The molecular weight excluding hydrogens is 188 g/mol. The molecule has 0 aliphatic heterocycles. The number of hydrogen-bond acceptors (Lipinski definition) is 3. The molecule has 0 aromatic rings. The van der Waals surface area contributed by atoms with Crippen LogP contribution in [0.15, 0.2) is 0 Å². The maximum Gasteiger partial charge on any atom is 0.373 e. The summed E-state index contributed by atoms with van der Waals surface area (Å²) in [7, 11) is 0. The summed E-state index contributed by atoms with van der Waals surface area (Å²) in [6.45, 7) is 3.22.